The molecule has 1 aliphatic carbocycles. The molecule has 2 N–H and O–H groups in total. The van der Waals surface area contributed by atoms with E-state index in [4.69, 9.17) is 5.73 Å². The molecule has 2 atom stereocenters. The Kier molecular flexibility index (Phi) is 2.60. The van der Waals surface area contributed by atoms with Gasteiger partial charge in [-0.15, -0.1) is 0 Å². The van der Waals surface area contributed by atoms with Crippen molar-refractivity contribution in [1.82, 2.24) is 0 Å². The molecule has 2 unspecified atom stereocenters. The lowest BCUT2D eigenvalue weighted by Crippen LogP contribution is -2.39. The van der Waals surface area contributed by atoms with Gasteiger partial charge in [0.2, 0.25) is 0 Å². The predicted octanol–water partition coefficient (Wildman–Crippen LogP) is 2.18. The van der Waals surface area contributed by atoms with E-state index in [1.165, 1.54) is 43.5 Å². The fraction of sp³-hybridized carbons (Fsp3) is 0.571. The van der Waals surface area contributed by atoms with Gasteiger partial charge in [-0.1, -0.05) is 24.6 Å². The molecule has 1 saturated carbocycles. The average molecular weight is 216 g/mol. The van der Waals surface area contributed by atoms with E-state index in [-0.39, 0.29) is 0 Å². The Morgan fingerprint density at radius 1 is 1.25 bits per heavy atom. The van der Waals surface area contributed by atoms with E-state index in [9.17, 15) is 0 Å². The van der Waals surface area contributed by atoms with Crippen LogP contribution in [-0.2, 0) is 6.42 Å². The number of nitrogens with two attached hydrogens (primary N) is 1. The molecule has 1 heterocycles. The minimum Gasteiger partial charge on any atom is -0.368 e. The standard InChI is InChI=1S/C14H20N2/c15-10-12-5-3-7-14(12)16-9-8-11-4-1-2-6-13(11)16/h1-2,4,6,12,14H,3,5,7-10,15H2. The summed E-state index contributed by atoms with van der Waals surface area (Å²) in [6.45, 7) is 2.05. The highest BCUT2D eigenvalue weighted by atomic mass is 15.2. The van der Waals surface area contributed by atoms with Crippen molar-refractivity contribution in [1.29, 1.82) is 0 Å². The van der Waals surface area contributed by atoms with Gasteiger partial charge < -0.3 is 10.6 Å². The third-order valence-electron chi connectivity index (χ3n) is 4.25. The van der Waals surface area contributed by atoms with Crippen molar-refractivity contribution >= 4 is 5.69 Å². The molecule has 1 aromatic rings. The van der Waals surface area contributed by atoms with Crippen molar-refractivity contribution in [2.75, 3.05) is 18.0 Å². The predicted molar refractivity (Wildman–Crippen MR) is 67.7 cm³/mol. The number of hydrogen-bond acceptors (Lipinski definition) is 2. The first-order valence-corrected chi connectivity index (χ1v) is 6.45. The van der Waals surface area contributed by atoms with Crippen LogP contribution in [0.15, 0.2) is 24.3 Å². The maximum absolute atomic E-state index is 5.89. The van der Waals surface area contributed by atoms with Gasteiger partial charge >= 0.3 is 0 Å². The third kappa shape index (κ3) is 1.52. The number of nitrogens with zero attached hydrogens (tertiary/aromatic N) is 1. The highest BCUT2D eigenvalue weighted by Crippen LogP contribution is 2.37. The lowest BCUT2D eigenvalue weighted by atomic mass is 10.0. The molecule has 86 valence electrons. The van der Waals surface area contributed by atoms with Crippen molar-refractivity contribution in [3.63, 3.8) is 0 Å². The Balaban J connectivity index is 1.87. The number of benzene rings is 1. The molecule has 0 aromatic heterocycles. The molecular weight excluding hydrogens is 196 g/mol. The van der Waals surface area contributed by atoms with Crippen LogP contribution in [0.2, 0.25) is 0 Å². The van der Waals surface area contributed by atoms with Gasteiger partial charge in [0, 0.05) is 18.3 Å². The molecular formula is C14H20N2. The Morgan fingerprint density at radius 3 is 3.00 bits per heavy atom. The summed E-state index contributed by atoms with van der Waals surface area (Å²) in [6, 6.07) is 9.55. The summed E-state index contributed by atoms with van der Waals surface area (Å²) in [5, 5.41) is 0. The smallest absolute Gasteiger partial charge is 0.0402 e. The van der Waals surface area contributed by atoms with Gasteiger partial charge in [0.05, 0.1) is 0 Å². The normalized spacial score (nSPS) is 28.4. The highest BCUT2D eigenvalue weighted by molar-refractivity contribution is 5.58. The second-order valence-corrected chi connectivity index (χ2v) is 5.07. The van der Waals surface area contributed by atoms with Gasteiger partial charge in [-0.05, 0) is 43.4 Å². The Hall–Kier alpha value is -1.02. The second kappa shape index (κ2) is 4.10. The Bertz CT molecular complexity index is 375. The summed E-state index contributed by atoms with van der Waals surface area (Å²) < 4.78 is 0. The van der Waals surface area contributed by atoms with Crippen molar-refractivity contribution in [2.24, 2.45) is 11.7 Å². The molecule has 0 amide bonds. The first kappa shape index (κ1) is 10.2. The van der Waals surface area contributed by atoms with Gasteiger partial charge in [0.1, 0.15) is 0 Å². The van der Waals surface area contributed by atoms with Crippen LogP contribution >= 0.6 is 0 Å². The maximum atomic E-state index is 5.89. The largest absolute Gasteiger partial charge is 0.368 e. The van der Waals surface area contributed by atoms with Gasteiger partial charge in [0.25, 0.3) is 0 Å². The number of anilines is 1. The Morgan fingerprint density at radius 2 is 2.12 bits per heavy atom. The second-order valence-electron chi connectivity index (χ2n) is 5.07. The molecule has 0 saturated heterocycles. The summed E-state index contributed by atoms with van der Waals surface area (Å²) in [4.78, 5) is 2.61. The summed E-state index contributed by atoms with van der Waals surface area (Å²) in [7, 11) is 0. The first-order valence-electron chi connectivity index (χ1n) is 6.45. The molecule has 2 heteroatoms. The lowest BCUT2D eigenvalue weighted by Gasteiger charge is -2.31. The van der Waals surface area contributed by atoms with Crippen LogP contribution in [0.1, 0.15) is 24.8 Å². The number of fused-ring (bicyclic) bond motifs is 1. The SMILES string of the molecule is NCC1CCCC1N1CCc2ccccc21. The minimum atomic E-state index is 0.702. The first-order chi connectivity index (χ1) is 7.90. The molecule has 0 spiro atoms. The lowest BCUT2D eigenvalue weighted by molar-refractivity contribution is 0.464. The molecule has 1 aromatic carbocycles. The van der Waals surface area contributed by atoms with Crippen LogP contribution in [-0.4, -0.2) is 19.1 Å². The van der Waals surface area contributed by atoms with E-state index in [1.54, 1.807) is 0 Å². The van der Waals surface area contributed by atoms with E-state index in [0.717, 1.165) is 6.54 Å². The van der Waals surface area contributed by atoms with E-state index in [1.807, 2.05) is 0 Å². The van der Waals surface area contributed by atoms with Crippen molar-refractivity contribution in [3.8, 4) is 0 Å². The molecule has 1 fully saturated rings. The fourth-order valence-electron chi connectivity index (χ4n) is 3.41. The monoisotopic (exact) mass is 216 g/mol. The minimum absolute atomic E-state index is 0.702. The summed E-state index contributed by atoms with van der Waals surface area (Å²) in [6.07, 6.45) is 5.21. The van der Waals surface area contributed by atoms with Crippen LogP contribution in [0.3, 0.4) is 0 Å². The molecule has 16 heavy (non-hydrogen) atoms. The highest BCUT2D eigenvalue weighted by Gasteiger charge is 2.34. The fourth-order valence-corrected chi connectivity index (χ4v) is 3.41. The van der Waals surface area contributed by atoms with Crippen LogP contribution in [0.4, 0.5) is 5.69 Å². The summed E-state index contributed by atoms with van der Waals surface area (Å²) in [5.41, 5.74) is 8.87. The van der Waals surface area contributed by atoms with Crippen LogP contribution in [0, 0.1) is 5.92 Å². The average Bonchev–Trinajstić information content (AvgIpc) is 2.94. The number of para-hydroxylation sites is 1. The summed E-state index contributed by atoms with van der Waals surface area (Å²) in [5.74, 6) is 0.714. The molecule has 0 radical (unpaired) electrons. The molecule has 2 aliphatic rings. The van der Waals surface area contributed by atoms with Crippen molar-refractivity contribution in [2.45, 2.75) is 31.7 Å². The van der Waals surface area contributed by atoms with Gasteiger partial charge in [-0.3, -0.25) is 0 Å². The van der Waals surface area contributed by atoms with E-state index in [0.29, 0.717) is 12.0 Å². The molecule has 0 bridgehead atoms. The topological polar surface area (TPSA) is 29.3 Å². The number of rotatable bonds is 2. The van der Waals surface area contributed by atoms with Crippen LogP contribution < -0.4 is 10.6 Å². The maximum Gasteiger partial charge on any atom is 0.0402 e. The Labute approximate surface area is 97.4 Å². The summed E-state index contributed by atoms with van der Waals surface area (Å²) >= 11 is 0. The quantitative estimate of drug-likeness (QED) is 0.821. The van der Waals surface area contributed by atoms with Crippen LogP contribution in [0.25, 0.3) is 0 Å². The third-order valence-corrected chi connectivity index (χ3v) is 4.25. The van der Waals surface area contributed by atoms with E-state index in [2.05, 4.69) is 29.2 Å². The van der Waals surface area contributed by atoms with Gasteiger partial charge in [-0.2, -0.15) is 0 Å². The van der Waals surface area contributed by atoms with Gasteiger partial charge in [0.15, 0.2) is 0 Å². The zero-order valence-electron chi connectivity index (χ0n) is 9.73. The molecule has 1 aliphatic heterocycles. The van der Waals surface area contributed by atoms with Crippen molar-refractivity contribution < 1.29 is 0 Å². The molecule has 2 nitrogen and oxygen atoms in total. The van der Waals surface area contributed by atoms with Gasteiger partial charge in [-0.25, -0.2) is 0 Å². The number of hydrogen-bond donors (Lipinski definition) is 1. The zero-order valence-corrected chi connectivity index (χ0v) is 9.73. The molecule has 3 rings (SSSR count). The van der Waals surface area contributed by atoms with E-state index < -0.39 is 0 Å². The zero-order chi connectivity index (χ0) is 11.0. The van der Waals surface area contributed by atoms with Crippen LogP contribution in [0.5, 0.6) is 0 Å². The van der Waals surface area contributed by atoms with Crippen molar-refractivity contribution in [3.05, 3.63) is 29.8 Å². The van der Waals surface area contributed by atoms with E-state index >= 15 is 0 Å².